The molecule has 0 saturated carbocycles. The van der Waals surface area contributed by atoms with Crippen LogP contribution in [0.1, 0.15) is 80.6 Å². The zero-order valence-electron chi connectivity index (χ0n) is 23.6. The molecule has 5 heteroatoms. The highest BCUT2D eigenvalue weighted by molar-refractivity contribution is 5.28. The average Bonchev–Trinajstić information content (AvgIpc) is 2.86. The smallest absolute Gasteiger partial charge is 0.117 e. The van der Waals surface area contributed by atoms with Crippen LogP contribution in [0.25, 0.3) is 0 Å². The molecule has 198 valence electrons. The lowest BCUT2D eigenvalue weighted by Gasteiger charge is -2.37. The fourth-order valence-electron chi connectivity index (χ4n) is 3.72. The summed E-state index contributed by atoms with van der Waals surface area (Å²) in [5.74, 6) is 1.66. The lowest BCUT2D eigenvalue weighted by atomic mass is 9.85. The first-order valence-corrected chi connectivity index (χ1v) is 12.8. The van der Waals surface area contributed by atoms with Crippen LogP contribution in [0.2, 0.25) is 0 Å². The number of rotatable bonds is 12. The summed E-state index contributed by atoms with van der Waals surface area (Å²) >= 11 is 0. The molecule has 0 spiro atoms. The Bertz CT molecular complexity index is 662. The van der Waals surface area contributed by atoms with Gasteiger partial charge in [-0.3, -0.25) is 4.90 Å². The fraction of sp³-hybridized carbons (Fsp3) is 0.655. The third-order valence-corrected chi connectivity index (χ3v) is 5.72. The molecular weight excluding hydrogens is 424 g/mol. The molecule has 0 saturated heterocycles. The molecular formula is C29H54N2O3. The van der Waals surface area contributed by atoms with Gasteiger partial charge in [0, 0.05) is 31.8 Å². The van der Waals surface area contributed by atoms with Gasteiger partial charge >= 0.3 is 0 Å². The van der Waals surface area contributed by atoms with E-state index < -0.39 is 6.10 Å². The molecule has 1 aliphatic carbocycles. The summed E-state index contributed by atoms with van der Waals surface area (Å²) in [5.41, 5.74) is 9.89. The van der Waals surface area contributed by atoms with Gasteiger partial charge in [0.05, 0.1) is 26.1 Å². The Morgan fingerprint density at radius 3 is 2.32 bits per heavy atom. The second-order valence-corrected chi connectivity index (χ2v) is 8.32. The molecule has 0 aromatic rings. The maximum absolute atomic E-state index is 9.97. The Morgan fingerprint density at radius 1 is 1.24 bits per heavy atom. The first kappa shape index (κ1) is 34.3. The minimum Gasteiger partial charge on any atom is -0.501 e. The van der Waals surface area contributed by atoms with E-state index in [1.54, 1.807) is 19.8 Å². The number of hydrogen-bond donors (Lipinski definition) is 2. The summed E-state index contributed by atoms with van der Waals surface area (Å²) < 4.78 is 9.90. The Labute approximate surface area is 211 Å². The molecule has 1 rings (SSSR count). The number of hydrogen-bond acceptors (Lipinski definition) is 5. The lowest BCUT2D eigenvalue weighted by Crippen LogP contribution is -2.44. The van der Waals surface area contributed by atoms with Crippen LogP contribution in [-0.2, 0) is 9.47 Å². The first-order chi connectivity index (χ1) is 16.3. The van der Waals surface area contributed by atoms with E-state index in [1.807, 2.05) is 39.8 Å². The molecule has 0 aromatic heterocycles. The fourth-order valence-corrected chi connectivity index (χ4v) is 3.72. The third-order valence-electron chi connectivity index (χ3n) is 5.72. The average molecular weight is 479 g/mol. The molecule has 2 unspecified atom stereocenters. The number of aliphatic hydroxyl groups excluding tert-OH is 1. The molecule has 0 amide bonds. The Hall–Kier alpha value is -1.82. The largest absolute Gasteiger partial charge is 0.501 e. The SMILES string of the molecule is C/C=C(\C=C(/C)OC)OC.C=C(C)CCN(CC(O)CN)C1CCC(/C=C\C)=C(CC)C1.CC. The van der Waals surface area contributed by atoms with E-state index in [4.69, 9.17) is 15.2 Å². The standard InChI is InChI=1S/C19H34N2O.C8H14O2.C2H6/c1-5-7-17-8-9-18(12-16(17)6-2)21(11-10-15(3)4)14-19(22)13-20;1-5-8(10-4)6-7(2)9-3;1-2/h5,7,18-19,22H,3,6,8-14,20H2,1-2,4H3;5-6H,1-4H3;1-2H3/b7-5-;7-6+,8-5+;. The van der Waals surface area contributed by atoms with Crippen molar-refractivity contribution in [2.24, 2.45) is 5.73 Å². The van der Waals surface area contributed by atoms with E-state index in [9.17, 15) is 5.11 Å². The highest BCUT2D eigenvalue weighted by Crippen LogP contribution is 2.31. The summed E-state index contributed by atoms with van der Waals surface area (Å²) in [7, 11) is 3.27. The second-order valence-electron chi connectivity index (χ2n) is 8.32. The number of nitrogens with two attached hydrogens (primary N) is 1. The van der Waals surface area contributed by atoms with Gasteiger partial charge in [-0.1, -0.05) is 44.1 Å². The van der Waals surface area contributed by atoms with Crippen molar-refractivity contribution >= 4 is 0 Å². The normalized spacial score (nSPS) is 17.6. The molecule has 0 aromatic carbocycles. The summed E-state index contributed by atoms with van der Waals surface area (Å²) in [4.78, 5) is 2.42. The van der Waals surface area contributed by atoms with Gasteiger partial charge in [0.25, 0.3) is 0 Å². The molecule has 0 aliphatic heterocycles. The highest BCUT2D eigenvalue weighted by atomic mass is 16.5. The lowest BCUT2D eigenvalue weighted by molar-refractivity contribution is 0.0867. The summed E-state index contributed by atoms with van der Waals surface area (Å²) in [5, 5.41) is 9.97. The maximum atomic E-state index is 9.97. The Morgan fingerprint density at radius 2 is 1.88 bits per heavy atom. The van der Waals surface area contributed by atoms with Crippen molar-refractivity contribution in [1.82, 2.24) is 4.90 Å². The highest BCUT2D eigenvalue weighted by Gasteiger charge is 2.25. The van der Waals surface area contributed by atoms with Crippen molar-refractivity contribution in [1.29, 1.82) is 0 Å². The van der Waals surface area contributed by atoms with Crippen molar-refractivity contribution in [3.05, 3.63) is 59.1 Å². The van der Waals surface area contributed by atoms with Crippen molar-refractivity contribution < 1.29 is 14.6 Å². The predicted molar refractivity (Wildman–Crippen MR) is 149 cm³/mol. The number of aliphatic hydroxyl groups is 1. The maximum Gasteiger partial charge on any atom is 0.117 e. The van der Waals surface area contributed by atoms with Gasteiger partial charge in [-0.2, -0.15) is 0 Å². The van der Waals surface area contributed by atoms with Crippen molar-refractivity contribution in [2.45, 2.75) is 92.7 Å². The second kappa shape index (κ2) is 21.7. The summed E-state index contributed by atoms with van der Waals surface area (Å²) in [6.45, 7) is 20.2. The van der Waals surface area contributed by atoms with Crippen LogP contribution in [-0.4, -0.2) is 56.0 Å². The number of nitrogens with zero attached hydrogens (tertiary/aromatic N) is 1. The summed E-state index contributed by atoms with van der Waals surface area (Å²) in [6, 6.07) is 0.518. The molecule has 1 aliphatic rings. The van der Waals surface area contributed by atoms with Crippen molar-refractivity contribution in [3.8, 4) is 0 Å². The Balaban J connectivity index is 0. The Kier molecular flexibility index (Phi) is 21.9. The van der Waals surface area contributed by atoms with E-state index in [0.717, 1.165) is 50.2 Å². The van der Waals surface area contributed by atoms with Gasteiger partial charge < -0.3 is 20.3 Å². The zero-order chi connectivity index (χ0) is 26.5. The molecule has 34 heavy (non-hydrogen) atoms. The van der Waals surface area contributed by atoms with E-state index in [0.29, 0.717) is 19.1 Å². The molecule has 0 heterocycles. The minimum absolute atomic E-state index is 0.330. The molecule has 0 bridgehead atoms. The van der Waals surface area contributed by atoms with Crippen LogP contribution in [0.5, 0.6) is 0 Å². The molecule has 3 N–H and O–H groups in total. The van der Waals surface area contributed by atoms with Crippen molar-refractivity contribution in [2.75, 3.05) is 33.9 Å². The van der Waals surface area contributed by atoms with Crippen LogP contribution in [0, 0.1) is 0 Å². The van der Waals surface area contributed by atoms with Gasteiger partial charge in [-0.05, 0) is 71.4 Å². The van der Waals surface area contributed by atoms with Gasteiger partial charge in [-0.25, -0.2) is 0 Å². The molecule has 2 atom stereocenters. The molecule has 0 radical (unpaired) electrons. The van der Waals surface area contributed by atoms with E-state index in [-0.39, 0.29) is 0 Å². The van der Waals surface area contributed by atoms with Gasteiger partial charge in [0.15, 0.2) is 0 Å². The monoisotopic (exact) mass is 478 g/mol. The van der Waals surface area contributed by atoms with Crippen LogP contribution in [0.4, 0.5) is 0 Å². The van der Waals surface area contributed by atoms with E-state index >= 15 is 0 Å². The van der Waals surface area contributed by atoms with Gasteiger partial charge in [0.2, 0.25) is 0 Å². The first-order valence-electron chi connectivity index (χ1n) is 12.8. The quantitative estimate of drug-likeness (QED) is 0.190. The van der Waals surface area contributed by atoms with Crippen LogP contribution in [0.3, 0.4) is 0 Å². The molecule has 5 nitrogen and oxygen atoms in total. The van der Waals surface area contributed by atoms with Crippen molar-refractivity contribution in [3.63, 3.8) is 0 Å². The number of ether oxygens (including phenoxy) is 2. The van der Waals surface area contributed by atoms with E-state index in [1.165, 1.54) is 11.1 Å². The predicted octanol–water partition coefficient (Wildman–Crippen LogP) is 6.52. The topological polar surface area (TPSA) is 68.0 Å². The minimum atomic E-state index is -0.434. The molecule has 0 fully saturated rings. The van der Waals surface area contributed by atoms with Crippen LogP contribution in [0.15, 0.2) is 59.1 Å². The van der Waals surface area contributed by atoms with Crippen LogP contribution >= 0.6 is 0 Å². The van der Waals surface area contributed by atoms with Gasteiger partial charge in [-0.15, -0.1) is 6.58 Å². The zero-order valence-corrected chi connectivity index (χ0v) is 23.6. The number of allylic oxidation sites excluding steroid dienone is 6. The third kappa shape index (κ3) is 15.2. The summed E-state index contributed by atoms with van der Waals surface area (Å²) in [6.07, 6.45) is 13.2. The van der Waals surface area contributed by atoms with Crippen LogP contribution < -0.4 is 5.73 Å². The van der Waals surface area contributed by atoms with E-state index in [2.05, 4.69) is 44.4 Å². The number of methoxy groups -OCH3 is 2. The van der Waals surface area contributed by atoms with Gasteiger partial charge in [0.1, 0.15) is 5.76 Å².